The quantitative estimate of drug-likeness (QED) is 0.0163. The van der Waals surface area contributed by atoms with Gasteiger partial charge in [0.15, 0.2) is 11.1 Å². The second-order valence-corrected chi connectivity index (χ2v) is 22.1. The summed E-state index contributed by atoms with van der Waals surface area (Å²) in [5.74, 6) is -5.07. The van der Waals surface area contributed by atoms with Crippen LogP contribution in [0.15, 0.2) is 71.4 Å². The lowest BCUT2D eigenvalue weighted by Crippen LogP contribution is -2.59. The number of carboxylic acids is 1. The maximum atomic E-state index is 14.1. The summed E-state index contributed by atoms with van der Waals surface area (Å²) in [6.07, 6.45) is 1.68. The van der Waals surface area contributed by atoms with Gasteiger partial charge in [-0.05, 0) is 111 Å². The van der Waals surface area contributed by atoms with Crippen LogP contribution in [0.2, 0.25) is 0 Å². The van der Waals surface area contributed by atoms with Gasteiger partial charge >= 0.3 is 17.6 Å². The van der Waals surface area contributed by atoms with Crippen LogP contribution < -0.4 is 46.4 Å². The van der Waals surface area contributed by atoms with Crippen LogP contribution in [0.4, 0.5) is 22.7 Å². The molecule has 28 nitrogen and oxygen atoms in total. The Morgan fingerprint density at radius 3 is 2.10 bits per heavy atom. The summed E-state index contributed by atoms with van der Waals surface area (Å²) in [6.45, 7) is 6.50. The number of benzene rings is 4. The van der Waals surface area contributed by atoms with Crippen molar-refractivity contribution in [3.05, 3.63) is 105 Å². The number of non-ortho nitro benzene ring substituents is 1. The van der Waals surface area contributed by atoms with Gasteiger partial charge in [0.2, 0.25) is 35.1 Å². The number of carbonyl (C=O) groups is 8. The Morgan fingerprint density at radius 2 is 1.45 bits per heavy atom. The van der Waals surface area contributed by atoms with Crippen LogP contribution in [0, 0.1) is 16.0 Å². The van der Waals surface area contributed by atoms with E-state index in [1.54, 1.807) is 19.9 Å². The number of carboxylic acid groups (broad SMARTS) is 1. The number of ether oxygens (including phenoxy) is 4. The number of nitrogens with zero attached hydrogens (tertiary/aromatic N) is 6. The molecule has 3 aliphatic heterocycles. The predicted octanol–water partition coefficient (Wildman–Crippen LogP) is 3.59. The van der Waals surface area contributed by atoms with E-state index >= 15 is 0 Å². The Hall–Kier alpha value is -9.44. The fourth-order valence-corrected chi connectivity index (χ4v) is 10.6. The van der Waals surface area contributed by atoms with Crippen LogP contribution in [0.5, 0.6) is 11.5 Å². The number of esters is 1. The number of nitro groups is 1. The molecule has 5 atom stereocenters. The number of carbonyl (C=O) groups excluding carboxylic acids is 7. The Labute approximate surface area is 500 Å². The largest absolute Gasteiger partial charge is 0.480 e. The molecule has 28 heteroatoms. The highest BCUT2D eigenvalue weighted by Crippen LogP contribution is 2.57. The molecule has 1 aromatic heterocycles. The molecule has 5 aromatic rings. The van der Waals surface area contributed by atoms with E-state index in [0.29, 0.717) is 59.7 Å². The van der Waals surface area contributed by atoms with Crippen molar-refractivity contribution in [2.45, 2.75) is 95.6 Å². The third kappa shape index (κ3) is 14.3. The Kier molecular flexibility index (Phi) is 20.3. The van der Waals surface area contributed by atoms with Gasteiger partial charge in [-0.25, -0.2) is 14.2 Å². The molecule has 0 bridgehead atoms. The van der Waals surface area contributed by atoms with E-state index in [9.17, 15) is 48.5 Å². The predicted molar refractivity (Wildman–Crippen MR) is 314 cm³/mol. The van der Waals surface area contributed by atoms with E-state index in [4.69, 9.17) is 28.7 Å². The summed E-state index contributed by atoms with van der Waals surface area (Å²) >= 11 is 0. The fourth-order valence-electron chi connectivity index (χ4n) is 10.6. The van der Waals surface area contributed by atoms with Crippen molar-refractivity contribution in [2.75, 3.05) is 89.4 Å². The molecule has 87 heavy (non-hydrogen) atoms. The normalized spacial score (nSPS) is 15.8. The number of hydrogen-bond donors (Lipinski definition) is 7. The van der Waals surface area contributed by atoms with Crippen LogP contribution in [-0.2, 0) is 48.6 Å². The molecule has 0 radical (unpaired) electrons. The summed E-state index contributed by atoms with van der Waals surface area (Å²) in [5.41, 5.74) is 2.37. The summed E-state index contributed by atoms with van der Waals surface area (Å²) in [4.78, 5) is 124. The van der Waals surface area contributed by atoms with Gasteiger partial charge in [-0.3, -0.25) is 38.9 Å². The lowest BCUT2D eigenvalue weighted by Gasteiger charge is -2.37. The van der Waals surface area contributed by atoms with Crippen molar-refractivity contribution < 1.29 is 72.0 Å². The molecule has 1 fully saturated rings. The van der Waals surface area contributed by atoms with E-state index in [2.05, 4.69) is 42.2 Å². The first kappa shape index (κ1) is 63.6. The molecular weight excluding hydrogens is 1130 g/mol. The molecular formula is C59H72N12O16. The first-order valence-corrected chi connectivity index (χ1v) is 28.5. The highest BCUT2D eigenvalue weighted by Gasteiger charge is 2.54. The van der Waals surface area contributed by atoms with Crippen molar-refractivity contribution >= 4 is 81.2 Å². The SMILES string of the molecule is CC(NC(=O)c1ccc2c(c1)C1(OC2=O)c2ccc(N(C)C)cc2Oc2cc(N(C)C)ccc21)C(=O)NC(C)C(=O)N1CCCC1C(=O)NC(C(=O)NC(CCCCNc1ccc([N+](=O)[O-])c2nonc12)C(=O)NCCOCCOCC(=O)O)C(C)C. The second kappa shape index (κ2) is 27.7. The first-order chi connectivity index (χ1) is 41.5. The average molecular weight is 1210 g/mol. The zero-order valence-corrected chi connectivity index (χ0v) is 49.6. The maximum Gasteiger partial charge on any atom is 0.340 e. The summed E-state index contributed by atoms with van der Waals surface area (Å²) in [7, 11) is 7.58. The third-order valence-corrected chi connectivity index (χ3v) is 15.2. The number of rotatable bonds is 28. The van der Waals surface area contributed by atoms with Gasteiger partial charge in [0.05, 0.1) is 36.0 Å². The maximum absolute atomic E-state index is 14.1. The van der Waals surface area contributed by atoms with E-state index in [0.717, 1.165) is 11.4 Å². The third-order valence-electron chi connectivity index (χ3n) is 15.2. The number of amides is 6. The summed E-state index contributed by atoms with van der Waals surface area (Å²) < 4.78 is 28.0. The van der Waals surface area contributed by atoms with Crippen LogP contribution in [-0.4, -0.2) is 177 Å². The number of nitrogens with one attached hydrogen (secondary N) is 6. The van der Waals surface area contributed by atoms with Gasteiger partial charge in [-0.15, -0.1) is 0 Å². The topological polar surface area (TPSA) is 358 Å². The van der Waals surface area contributed by atoms with Gasteiger partial charge in [-0.2, -0.15) is 0 Å². The summed E-state index contributed by atoms with van der Waals surface area (Å²) in [5, 5.41) is 44.5. The minimum Gasteiger partial charge on any atom is -0.480 e. The molecule has 0 aliphatic carbocycles. The van der Waals surface area contributed by atoms with Gasteiger partial charge in [0.1, 0.15) is 48.3 Å². The van der Waals surface area contributed by atoms with Crippen molar-refractivity contribution in [1.82, 2.24) is 41.8 Å². The fraction of sp³-hybridized carbons (Fsp3) is 0.458. The van der Waals surface area contributed by atoms with Crippen molar-refractivity contribution in [3.8, 4) is 11.5 Å². The van der Waals surface area contributed by atoms with Gasteiger partial charge in [0.25, 0.3) is 5.91 Å². The smallest absolute Gasteiger partial charge is 0.340 e. The van der Waals surface area contributed by atoms with Crippen LogP contribution in [0.3, 0.4) is 0 Å². The van der Waals surface area contributed by atoms with Gasteiger partial charge in [0, 0.05) is 99.7 Å². The Balaban J connectivity index is 0.881. The standard InChI is InChI=1S/C59H72N12O16/c1-32(2)49(56(78)64-43(54(76)61-23-25-83-26-27-84-31-48(72)73)12-9-10-22-60-42-20-21-44(71(81)82)51-50(42)66-87-67-51)65-55(77)45-13-11-24-70(45)57(79)34(4)63-52(74)33(3)62-53(75)35-14-17-38-41(28-35)59(86-58(38)80)39-18-15-36(68(5)6)29-46(39)85-47-30-37(69(7)8)16-19-40(47)59/h14-21,28-30,32-34,43,45,49,60H,9-13,22-27,31H2,1-8H3,(H,61,76)(H,62,75)(H,63,74)(H,64,78)(H,65,77)(H,72,73). The van der Waals surface area contributed by atoms with Crippen LogP contribution in [0.1, 0.15) is 97.2 Å². The van der Waals surface area contributed by atoms with Gasteiger partial charge in [-0.1, -0.05) is 13.8 Å². The van der Waals surface area contributed by atoms with Crippen LogP contribution in [0.25, 0.3) is 11.0 Å². The van der Waals surface area contributed by atoms with E-state index < -0.39 is 101 Å². The Morgan fingerprint density at radius 1 is 0.770 bits per heavy atom. The molecule has 3 aliphatic rings. The number of aromatic nitrogens is 2. The van der Waals surface area contributed by atoms with Crippen molar-refractivity contribution in [1.29, 1.82) is 0 Å². The first-order valence-electron chi connectivity index (χ1n) is 28.5. The molecule has 1 saturated heterocycles. The highest BCUT2D eigenvalue weighted by molar-refractivity contribution is 6.03. The number of nitro benzene ring substituents is 1. The van der Waals surface area contributed by atoms with E-state index in [1.165, 1.54) is 43.0 Å². The lowest BCUT2D eigenvalue weighted by atomic mass is 9.77. The molecule has 8 rings (SSSR count). The number of aliphatic carboxylic acids is 1. The monoisotopic (exact) mass is 1200 g/mol. The minimum atomic E-state index is -1.49. The Bertz CT molecular complexity index is 3380. The molecule has 4 aromatic carbocycles. The molecule has 6 amide bonds. The van der Waals surface area contributed by atoms with E-state index in [1.807, 2.05) is 74.4 Å². The lowest BCUT2D eigenvalue weighted by molar-refractivity contribution is -0.383. The molecule has 7 N–H and O–H groups in total. The molecule has 1 spiro atoms. The highest BCUT2D eigenvalue weighted by atomic mass is 16.6. The number of unbranched alkanes of at least 4 members (excludes halogenated alkanes) is 1. The molecule has 5 unspecified atom stereocenters. The van der Waals surface area contributed by atoms with Crippen LogP contribution >= 0.6 is 0 Å². The number of hydrogen-bond acceptors (Lipinski definition) is 20. The minimum absolute atomic E-state index is 0.0148. The van der Waals surface area contributed by atoms with Gasteiger partial charge < -0.3 is 70.7 Å². The second-order valence-electron chi connectivity index (χ2n) is 22.1. The molecule has 464 valence electrons. The van der Waals surface area contributed by atoms with Crippen molar-refractivity contribution in [3.63, 3.8) is 0 Å². The molecule has 0 saturated carbocycles. The number of anilines is 3. The molecule has 4 heterocycles. The summed E-state index contributed by atoms with van der Waals surface area (Å²) in [6, 6.07) is 12.9. The van der Waals surface area contributed by atoms with Crippen molar-refractivity contribution in [2.24, 2.45) is 5.92 Å². The number of likely N-dealkylation sites (tertiary alicyclic amines) is 1. The van der Waals surface area contributed by atoms with E-state index in [-0.39, 0.29) is 73.6 Å². The zero-order valence-electron chi connectivity index (χ0n) is 49.6. The average Bonchev–Trinajstić information content (AvgIpc) is 1.65. The number of fused-ring (bicyclic) bond motifs is 7. The zero-order chi connectivity index (χ0) is 62.9.